The highest BCUT2D eigenvalue weighted by Crippen LogP contribution is 2.28. The number of hydrogen-bond acceptors (Lipinski definition) is 5. The summed E-state index contributed by atoms with van der Waals surface area (Å²) in [6, 6.07) is 11.0. The maximum atomic E-state index is 12.1. The Morgan fingerprint density at radius 1 is 1.35 bits per heavy atom. The highest BCUT2D eigenvalue weighted by molar-refractivity contribution is 5.95. The van der Waals surface area contributed by atoms with Crippen LogP contribution in [0.25, 0.3) is 6.08 Å². The van der Waals surface area contributed by atoms with Crippen LogP contribution in [-0.2, 0) is 19.1 Å². The first kappa shape index (κ1) is 18.2. The largest absolute Gasteiger partial charge is 0.466 e. The summed E-state index contributed by atoms with van der Waals surface area (Å²) in [6.07, 6.45) is 2.90. The Morgan fingerprint density at radius 3 is 2.52 bits per heavy atom. The first-order valence-corrected chi connectivity index (χ1v) is 7.00. The van der Waals surface area contributed by atoms with Crippen molar-refractivity contribution in [2.24, 2.45) is 5.41 Å². The minimum atomic E-state index is -1.49. The van der Waals surface area contributed by atoms with E-state index in [-0.39, 0.29) is 18.6 Å². The van der Waals surface area contributed by atoms with E-state index in [9.17, 15) is 14.9 Å². The van der Waals surface area contributed by atoms with Gasteiger partial charge in [-0.1, -0.05) is 43.0 Å². The van der Waals surface area contributed by atoms with Crippen molar-refractivity contribution in [3.8, 4) is 6.07 Å². The average Bonchev–Trinajstić information content (AvgIpc) is 2.58. The van der Waals surface area contributed by atoms with Crippen LogP contribution in [0.2, 0.25) is 0 Å². The molecule has 0 aliphatic heterocycles. The third kappa shape index (κ3) is 5.11. The lowest BCUT2D eigenvalue weighted by atomic mass is 9.84. The van der Waals surface area contributed by atoms with Gasteiger partial charge < -0.3 is 9.47 Å². The lowest BCUT2D eigenvalue weighted by Gasteiger charge is -2.20. The third-order valence-electron chi connectivity index (χ3n) is 3.16. The Balaban J connectivity index is 3.11. The second-order valence-corrected chi connectivity index (χ2v) is 5.08. The number of methoxy groups -OCH3 is 1. The Labute approximate surface area is 135 Å². The van der Waals surface area contributed by atoms with E-state index < -0.39 is 17.4 Å². The molecule has 120 valence electrons. The number of nitrogens with zero attached hydrogens (tertiary/aromatic N) is 1. The van der Waals surface area contributed by atoms with E-state index in [0.29, 0.717) is 0 Å². The summed E-state index contributed by atoms with van der Waals surface area (Å²) in [6.45, 7) is 4.89. The molecule has 1 aromatic carbocycles. The number of carbonyl (C=O) groups is 2. The van der Waals surface area contributed by atoms with Gasteiger partial charge in [-0.25, -0.2) is 4.79 Å². The van der Waals surface area contributed by atoms with Crippen LogP contribution >= 0.6 is 0 Å². The van der Waals surface area contributed by atoms with Crippen LogP contribution < -0.4 is 0 Å². The van der Waals surface area contributed by atoms with Gasteiger partial charge in [-0.05, 0) is 18.6 Å². The fourth-order valence-electron chi connectivity index (χ4n) is 1.90. The van der Waals surface area contributed by atoms with E-state index in [1.807, 2.05) is 36.4 Å². The van der Waals surface area contributed by atoms with Crippen molar-refractivity contribution in [3.63, 3.8) is 0 Å². The third-order valence-corrected chi connectivity index (χ3v) is 3.16. The van der Waals surface area contributed by atoms with Gasteiger partial charge in [0.2, 0.25) is 0 Å². The molecule has 0 amide bonds. The monoisotopic (exact) mass is 313 g/mol. The van der Waals surface area contributed by atoms with Gasteiger partial charge in [0.05, 0.1) is 13.2 Å². The molecule has 0 N–H and O–H groups in total. The molecule has 0 radical (unpaired) electrons. The molecule has 0 fully saturated rings. The zero-order chi connectivity index (χ0) is 17.3. The molecule has 5 heteroatoms. The normalized spacial score (nSPS) is 13.3. The molecule has 1 unspecified atom stereocenters. The Bertz CT molecular complexity index is 643. The standard InChI is InChI=1S/C18H19NO4/c1-4-10-23-17(21)18(2,13-19)12-15(16(20)22-3)11-14-8-6-5-7-9-14/h4-9,11H,1,10,12H2,2-3H3/b15-11+. The fourth-order valence-corrected chi connectivity index (χ4v) is 1.90. The van der Waals surface area contributed by atoms with Crippen molar-refractivity contribution in [2.45, 2.75) is 13.3 Å². The smallest absolute Gasteiger partial charge is 0.333 e. The van der Waals surface area contributed by atoms with Crippen LogP contribution in [0.4, 0.5) is 0 Å². The predicted molar refractivity (Wildman–Crippen MR) is 85.9 cm³/mol. The maximum Gasteiger partial charge on any atom is 0.333 e. The van der Waals surface area contributed by atoms with Crippen LogP contribution in [0.1, 0.15) is 18.9 Å². The summed E-state index contributed by atoms with van der Waals surface area (Å²) in [5.74, 6) is -1.30. The summed E-state index contributed by atoms with van der Waals surface area (Å²) < 4.78 is 9.70. The first-order chi connectivity index (χ1) is 11.0. The van der Waals surface area contributed by atoms with Crippen molar-refractivity contribution in [2.75, 3.05) is 13.7 Å². The average molecular weight is 313 g/mol. The van der Waals surface area contributed by atoms with Crippen molar-refractivity contribution in [1.82, 2.24) is 0 Å². The van der Waals surface area contributed by atoms with Crippen molar-refractivity contribution in [1.29, 1.82) is 5.26 Å². The number of hydrogen-bond donors (Lipinski definition) is 0. The molecule has 0 saturated carbocycles. The first-order valence-electron chi connectivity index (χ1n) is 7.00. The molecule has 1 atom stereocenters. The number of nitriles is 1. The molecule has 0 aliphatic rings. The molecule has 1 rings (SSSR count). The zero-order valence-corrected chi connectivity index (χ0v) is 13.2. The lowest BCUT2D eigenvalue weighted by Crippen LogP contribution is -2.30. The molecule has 0 bridgehead atoms. The highest BCUT2D eigenvalue weighted by Gasteiger charge is 2.37. The molecule has 0 aromatic heterocycles. The van der Waals surface area contributed by atoms with Crippen molar-refractivity contribution >= 4 is 18.0 Å². The number of rotatable bonds is 7. The van der Waals surface area contributed by atoms with Gasteiger partial charge in [-0.3, -0.25) is 4.79 Å². The van der Waals surface area contributed by atoms with Crippen molar-refractivity contribution < 1.29 is 19.1 Å². The van der Waals surface area contributed by atoms with Gasteiger partial charge in [-0.2, -0.15) is 5.26 Å². The van der Waals surface area contributed by atoms with Gasteiger partial charge in [0.15, 0.2) is 5.41 Å². The second-order valence-electron chi connectivity index (χ2n) is 5.08. The number of ether oxygens (including phenoxy) is 2. The van der Waals surface area contributed by atoms with Crippen molar-refractivity contribution in [3.05, 3.63) is 54.1 Å². The van der Waals surface area contributed by atoms with Crippen LogP contribution in [0.5, 0.6) is 0 Å². The van der Waals surface area contributed by atoms with E-state index >= 15 is 0 Å². The van der Waals surface area contributed by atoms with E-state index in [1.54, 1.807) is 6.08 Å². The van der Waals surface area contributed by atoms with Crippen LogP contribution in [0.15, 0.2) is 48.6 Å². The summed E-state index contributed by atoms with van der Waals surface area (Å²) in [5, 5.41) is 9.37. The molecule has 0 saturated heterocycles. The predicted octanol–water partition coefficient (Wildman–Crippen LogP) is 2.89. The molecule has 0 heterocycles. The minimum Gasteiger partial charge on any atom is -0.466 e. The van der Waals surface area contributed by atoms with Gasteiger partial charge in [0, 0.05) is 12.0 Å². The minimum absolute atomic E-state index is 0.00601. The topological polar surface area (TPSA) is 76.4 Å². The maximum absolute atomic E-state index is 12.1. The molecule has 0 spiro atoms. The van der Waals surface area contributed by atoms with Crippen LogP contribution in [0.3, 0.4) is 0 Å². The second kappa shape index (κ2) is 8.54. The number of benzene rings is 1. The molecule has 0 aliphatic carbocycles. The van der Waals surface area contributed by atoms with Crippen LogP contribution in [-0.4, -0.2) is 25.7 Å². The summed E-state index contributed by atoms with van der Waals surface area (Å²) >= 11 is 0. The van der Waals surface area contributed by atoms with E-state index in [0.717, 1.165) is 5.56 Å². The number of carbonyl (C=O) groups excluding carboxylic acids is 2. The van der Waals surface area contributed by atoms with Gasteiger partial charge in [-0.15, -0.1) is 0 Å². The highest BCUT2D eigenvalue weighted by atomic mass is 16.5. The summed E-state index contributed by atoms with van der Waals surface area (Å²) in [5.41, 5.74) is -0.497. The van der Waals surface area contributed by atoms with Gasteiger partial charge >= 0.3 is 11.9 Å². The Hall–Kier alpha value is -2.87. The summed E-state index contributed by atoms with van der Waals surface area (Å²) in [4.78, 5) is 24.1. The van der Waals surface area contributed by atoms with E-state index in [1.165, 1.54) is 20.1 Å². The fraction of sp³-hybridized carbons (Fsp3) is 0.278. The zero-order valence-electron chi connectivity index (χ0n) is 13.2. The molecule has 1 aromatic rings. The molecule has 23 heavy (non-hydrogen) atoms. The lowest BCUT2D eigenvalue weighted by molar-refractivity contribution is -0.150. The van der Waals surface area contributed by atoms with Gasteiger partial charge in [0.1, 0.15) is 6.61 Å². The van der Waals surface area contributed by atoms with Crippen LogP contribution in [0, 0.1) is 16.7 Å². The Kier molecular flexibility index (Phi) is 6.75. The van der Waals surface area contributed by atoms with E-state index in [4.69, 9.17) is 9.47 Å². The van der Waals surface area contributed by atoms with E-state index in [2.05, 4.69) is 6.58 Å². The molecule has 5 nitrogen and oxygen atoms in total. The quantitative estimate of drug-likeness (QED) is 0.439. The van der Waals surface area contributed by atoms with Gasteiger partial charge in [0.25, 0.3) is 0 Å². The Morgan fingerprint density at radius 2 is 2.00 bits per heavy atom. The molecular weight excluding hydrogens is 294 g/mol. The summed E-state index contributed by atoms with van der Waals surface area (Å²) in [7, 11) is 1.25. The molecular formula is C18H19NO4. The SMILES string of the molecule is C=CCOC(=O)C(C)(C#N)C/C(=C\c1ccccc1)C(=O)OC. The number of esters is 2.